The summed E-state index contributed by atoms with van der Waals surface area (Å²) in [4.78, 5) is 4.40. The number of pyridine rings is 1. The van der Waals surface area contributed by atoms with E-state index in [1.165, 1.54) is 0 Å². The van der Waals surface area contributed by atoms with Crippen molar-refractivity contribution in [2.45, 2.75) is 25.5 Å². The molecule has 1 fully saturated rings. The lowest BCUT2D eigenvalue weighted by atomic mass is 10.1. The van der Waals surface area contributed by atoms with Gasteiger partial charge in [-0.05, 0) is 13.1 Å². The van der Waals surface area contributed by atoms with Gasteiger partial charge in [-0.2, -0.15) is 0 Å². The maximum Gasteiger partial charge on any atom is 0.213 e. The van der Waals surface area contributed by atoms with E-state index in [1.807, 2.05) is 19.2 Å². The van der Waals surface area contributed by atoms with E-state index in [2.05, 4.69) is 10.3 Å². The van der Waals surface area contributed by atoms with Gasteiger partial charge in [-0.1, -0.05) is 11.6 Å². The first-order valence-corrected chi connectivity index (χ1v) is 6.22. The molecule has 1 saturated heterocycles. The monoisotopic (exact) mass is 256 g/mol. The Morgan fingerprint density at radius 2 is 2.24 bits per heavy atom. The van der Waals surface area contributed by atoms with Crippen molar-refractivity contribution in [2.75, 3.05) is 20.3 Å². The van der Waals surface area contributed by atoms with Crippen molar-refractivity contribution in [1.82, 2.24) is 10.3 Å². The lowest BCUT2D eigenvalue weighted by Gasteiger charge is -2.22. The molecule has 1 aliphatic heterocycles. The van der Waals surface area contributed by atoms with Gasteiger partial charge in [0.05, 0.1) is 23.9 Å². The van der Waals surface area contributed by atoms with Crippen LogP contribution in [0, 0.1) is 0 Å². The summed E-state index contributed by atoms with van der Waals surface area (Å²) in [6.45, 7) is 2.17. The maximum absolute atomic E-state index is 6.04. The number of hydrogen-bond donors (Lipinski definition) is 1. The van der Waals surface area contributed by atoms with Gasteiger partial charge in [-0.15, -0.1) is 0 Å². The Morgan fingerprint density at radius 3 is 2.94 bits per heavy atom. The Kier molecular flexibility index (Phi) is 4.59. The van der Waals surface area contributed by atoms with Gasteiger partial charge in [0.15, 0.2) is 0 Å². The molecule has 1 aromatic heterocycles. The summed E-state index contributed by atoms with van der Waals surface area (Å²) in [5.41, 5.74) is 0.818. The summed E-state index contributed by atoms with van der Waals surface area (Å²) >= 11 is 6.04. The van der Waals surface area contributed by atoms with Gasteiger partial charge in [0.1, 0.15) is 6.10 Å². The van der Waals surface area contributed by atoms with E-state index in [9.17, 15) is 0 Å². The van der Waals surface area contributed by atoms with Crippen LogP contribution in [-0.4, -0.2) is 31.3 Å². The van der Waals surface area contributed by atoms with Crippen molar-refractivity contribution < 1.29 is 9.47 Å². The van der Waals surface area contributed by atoms with Crippen LogP contribution in [0.4, 0.5) is 0 Å². The van der Waals surface area contributed by atoms with Crippen LogP contribution < -0.4 is 10.1 Å². The quantitative estimate of drug-likeness (QED) is 0.895. The summed E-state index contributed by atoms with van der Waals surface area (Å²) in [5.74, 6) is 0.645. The Balaban J connectivity index is 2.02. The molecular weight excluding hydrogens is 240 g/mol. The summed E-state index contributed by atoms with van der Waals surface area (Å²) in [5, 5.41) is 3.70. The molecule has 0 amide bonds. The predicted octanol–water partition coefficient (Wildman–Crippen LogP) is 2.01. The fourth-order valence-electron chi connectivity index (χ4n) is 1.79. The molecule has 1 aliphatic rings. The van der Waals surface area contributed by atoms with Gasteiger partial charge in [0, 0.05) is 25.5 Å². The molecule has 5 heteroatoms. The molecule has 94 valence electrons. The zero-order chi connectivity index (χ0) is 12.1. The largest absolute Gasteiger partial charge is 0.474 e. The van der Waals surface area contributed by atoms with Gasteiger partial charge in [-0.25, -0.2) is 4.98 Å². The average molecular weight is 257 g/mol. The second-order valence-electron chi connectivity index (χ2n) is 4.04. The number of halogens is 1. The molecule has 2 heterocycles. The van der Waals surface area contributed by atoms with Crippen LogP contribution in [0.2, 0.25) is 5.02 Å². The average Bonchev–Trinajstić information content (AvgIpc) is 2.35. The number of rotatable bonds is 4. The fraction of sp³-hybridized carbons (Fsp3) is 0.583. The number of nitrogens with zero attached hydrogens (tertiary/aromatic N) is 1. The molecule has 1 N–H and O–H groups in total. The normalized spacial score (nSPS) is 17.1. The highest BCUT2D eigenvalue weighted by Crippen LogP contribution is 2.20. The van der Waals surface area contributed by atoms with Crippen molar-refractivity contribution in [3.8, 4) is 5.88 Å². The van der Waals surface area contributed by atoms with E-state index in [0.717, 1.165) is 31.7 Å². The Bertz CT molecular complexity index is 368. The predicted molar refractivity (Wildman–Crippen MR) is 66.5 cm³/mol. The van der Waals surface area contributed by atoms with Crippen molar-refractivity contribution in [3.05, 3.63) is 22.8 Å². The minimum Gasteiger partial charge on any atom is -0.474 e. The molecule has 0 spiro atoms. The Hall–Kier alpha value is -0.840. The third-order valence-electron chi connectivity index (χ3n) is 2.69. The van der Waals surface area contributed by atoms with E-state index in [1.54, 1.807) is 0 Å². The van der Waals surface area contributed by atoms with Crippen LogP contribution in [0.25, 0.3) is 0 Å². The highest BCUT2D eigenvalue weighted by atomic mass is 35.5. The molecular formula is C12H17ClN2O2. The Morgan fingerprint density at radius 1 is 1.47 bits per heavy atom. The van der Waals surface area contributed by atoms with Crippen LogP contribution in [0.5, 0.6) is 5.88 Å². The maximum atomic E-state index is 6.04. The van der Waals surface area contributed by atoms with E-state index in [0.29, 0.717) is 17.4 Å². The van der Waals surface area contributed by atoms with Crippen LogP contribution in [0.3, 0.4) is 0 Å². The molecule has 17 heavy (non-hydrogen) atoms. The molecule has 0 unspecified atom stereocenters. The van der Waals surface area contributed by atoms with Crippen molar-refractivity contribution in [2.24, 2.45) is 0 Å². The molecule has 0 aliphatic carbocycles. The fourth-order valence-corrected chi connectivity index (χ4v) is 1.96. The first-order chi connectivity index (χ1) is 8.29. The zero-order valence-corrected chi connectivity index (χ0v) is 10.7. The van der Waals surface area contributed by atoms with Crippen molar-refractivity contribution >= 4 is 11.6 Å². The molecule has 2 rings (SSSR count). The first-order valence-electron chi connectivity index (χ1n) is 5.84. The van der Waals surface area contributed by atoms with Gasteiger partial charge in [-0.3, -0.25) is 0 Å². The van der Waals surface area contributed by atoms with Crippen molar-refractivity contribution in [3.63, 3.8) is 0 Å². The van der Waals surface area contributed by atoms with E-state index in [4.69, 9.17) is 21.1 Å². The molecule has 4 nitrogen and oxygen atoms in total. The molecule has 0 radical (unpaired) electrons. The standard InChI is InChI=1S/C12H17ClN2O2/c1-14-8-11-10(13)2-3-12(15-11)17-9-4-6-16-7-5-9/h2-3,9,14H,4-8H2,1H3. The highest BCUT2D eigenvalue weighted by Gasteiger charge is 2.16. The minimum atomic E-state index is 0.208. The van der Waals surface area contributed by atoms with Crippen LogP contribution in [0.1, 0.15) is 18.5 Å². The lowest BCUT2D eigenvalue weighted by Crippen LogP contribution is -2.26. The topological polar surface area (TPSA) is 43.4 Å². The molecule has 1 aromatic rings. The smallest absolute Gasteiger partial charge is 0.213 e. The van der Waals surface area contributed by atoms with Crippen LogP contribution in [-0.2, 0) is 11.3 Å². The Labute approximate surface area is 106 Å². The van der Waals surface area contributed by atoms with Gasteiger partial charge >= 0.3 is 0 Å². The molecule has 0 atom stereocenters. The highest BCUT2D eigenvalue weighted by molar-refractivity contribution is 6.31. The minimum absolute atomic E-state index is 0.208. The van der Waals surface area contributed by atoms with Gasteiger partial charge in [0.25, 0.3) is 0 Å². The number of aromatic nitrogens is 1. The molecule has 0 saturated carbocycles. The second-order valence-corrected chi connectivity index (χ2v) is 4.45. The molecule has 0 aromatic carbocycles. The van der Waals surface area contributed by atoms with Crippen LogP contribution in [0.15, 0.2) is 12.1 Å². The number of hydrogen-bond acceptors (Lipinski definition) is 4. The van der Waals surface area contributed by atoms with E-state index in [-0.39, 0.29) is 6.10 Å². The summed E-state index contributed by atoms with van der Waals surface area (Å²) < 4.78 is 11.1. The third-order valence-corrected chi connectivity index (χ3v) is 3.04. The van der Waals surface area contributed by atoms with E-state index < -0.39 is 0 Å². The summed E-state index contributed by atoms with van der Waals surface area (Å²) in [6.07, 6.45) is 2.05. The van der Waals surface area contributed by atoms with E-state index >= 15 is 0 Å². The van der Waals surface area contributed by atoms with Crippen molar-refractivity contribution in [1.29, 1.82) is 0 Å². The first kappa shape index (κ1) is 12.6. The molecule has 0 bridgehead atoms. The third kappa shape index (κ3) is 3.56. The lowest BCUT2D eigenvalue weighted by molar-refractivity contribution is 0.0236. The number of nitrogens with one attached hydrogen (secondary N) is 1. The summed E-state index contributed by atoms with van der Waals surface area (Å²) in [6, 6.07) is 3.65. The SMILES string of the molecule is CNCc1nc(OC2CCOCC2)ccc1Cl. The second kappa shape index (κ2) is 6.19. The van der Waals surface area contributed by atoms with Crippen LogP contribution >= 0.6 is 11.6 Å². The van der Waals surface area contributed by atoms with Gasteiger partial charge in [0.2, 0.25) is 5.88 Å². The summed E-state index contributed by atoms with van der Waals surface area (Å²) in [7, 11) is 1.87. The number of ether oxygens (including phenoxy) is 2. The zero-order valence-electron chi connectivity index (χ0n) is 9.91. The van der Waals surface area contributed by atoms with Gasteiger partial charge < -0.3 is 14.8 Å².